The lowest BCUT2D eigenvalue weighted by Crippen LogP contribution is -2.31. The van der Waals surface area contributed by atoms with E-state index in [-0.39, 0.29) is 6.42 Å². The van der Waals surface area contributed by atoms with Gasteiger partial charge in [0.05, 0.1) is 0 Å². The van der Waals surface area contributed by atoms with Crippen LogP contribution in [0.2, 0.25) is 0 Å². The van der Waals surface area contributed by atoms with Crippen molar-refractivity contribution in [2.24, 2.45) is 5.92 Å². The molecule has 0 saturated carbocycles. The molecular weight excluding hydrogens is 220 g/mol. The zero-order valence-electron chi connectivity index (χ0n) is 9.96. The molecule has 1 saturated heterocycles. The number of piperidine rings is 1. The van der Waals surface area contributed by atoms with Gasteiger partial charge in [-0.2, -0.15) is 0 Å². The number of rotatable bonds is 4. The van der Waals surface area contributed by atoms with E-state index in [0.29, 0.717) is 5.92 Å². The molecule has 1 aliphatic rings. The summed E-state index contributed by atoms with van der Waals surface area (Å²) in [6.07, 6.45) is 0.963. The minimum absolute atomic E-state index is 0.115. The van der Waals surface area contributed by atoms with Crippen LogP contribution in [-0.4, -0.2) is 19.5 Å². The highest BCUT2D eigenvalue weighted by Crippen LogP contribution is 2.20. The number of hydrogen-bond donors (Lipinski definition) is 1. The number of hydrogen-bond acceptors (Lipinski definition) is 1. The average Bonchev–Trinajstić information content (AvgIpc) is 2.32. The first-order valence-corrected chi connectivity index (χ1v) is 6.31. The van der Waals surface area contributed by atoms with E-state index in [4.69, 9.17) is 0 Å². The molecule has 3 heteroatoms. The molecule has 1 aliphatic heterocycles. The molecule has 1 N–H and O–H groups in total. The number of alkyl halides is 2. The summed E-state index contributed by atoms with van der Waals surface area (Å²) in [6, 6.07) is 7.62. The smallest absolute Gasteiger partial charge is 0.242 e. The normalized spacial score (nSPS) is 20.8. The van der Waals surface area contributed by atoms with Crippen LogP contribution in [0.25, 0.3) is 0 Å². The van der Waals surface area contributed by atoms with Crippen LogP contribution in [-0.2, 0) is 12.8 Å². The Hall–Kier alpha value is -0.960. The van der Waals surface area contributed by atoms with Crippen LogP contribution in [0.1, 0.15) is 24.0 Å². The van der Waals surface area contributed by atoms with E-state index in [2.05, 4.69) is 5.32 Å². The molecular formula is C14H19F2N. The van der Waals surface area contributed by atoms with E-state index in [1.807, 2.05) is 24.3 Å². The number of benzene rings is 1. The molecule has 1 aromatic rings. The fourth-order valence-electron chi connectivity index (χ4n) is 2.53. The van der Waals surface area contributed by atoms with Gasteiger partial charge in [-0.25, -0.2) is 8.78 Å². The lowest BCUT2D eigenvalue weighted by atomic mass is 9.89. The summed E-state index contributed by atoms with van der Waals surface area (Å²) in [5.74, 6) is 0.600. The quantitative estimate of drug-likeness (QED) is 0.851. The van der Waals surface area contributed by atoms with Gasteiger partial charge >= 0.3 is 0 Å². The van der Waals surface area contributed by atoms with Crippen molar-refractivity contribution in [2.75, 3.05) is 13.1 Å². The number of halogens is 2. The molecule has 1 nitrogen and oxygen atoms in total. The van der Waals surface area contributed by atoms with Gasteiger partial charge in [0, 0.05) is 6.42 Å². The zero-order chi connectivity index (χ0) is 12.1. The van der Waals surface area contributed by atoms with Gasteiger partial charge in [0.1, 0.15) is 0 Å². The van der Waals surface area contributed by atoms with Gasteiger partial charge in [-0.3, -0.25) is 0 Å². The molecule has 94 valence electrons. The molecule has 0 bridgehead atoms. The molecule has 1 fully saturated rings. The maximum Gasteiger partial charge on any atom is 0.242 e. The van der Waals surface area contributed by atoms with E-state index in [0.717, 1.165) is 30.6 Å². The second-order valence-electron chi connectivity index (χ2n) is 4.78. The molecule has 0 amide bonds. The third kappa shape index (κ3) is 3.77. The average molecular weight is 239 g/mol. The third-order valence-corrected chi connectivity index (χ3v) is 3.40. The van der Waals surface area contributed by atoms with E-state index in [9.17, 15) is 8.78 Å². The summed E-state index contributed by atoms with van der Waals surface area (Å²) in [6.45, 7) is 2.11. The largest absolute Gasteiger partial charge is 0.316 e. The van der Waals surface area contributed by atoms with E-state index < -0.39 is 6.43 Å². The van der Waals surface area contributed by atoms with Gasteiger partial charge in [0.2, 0.25) is 6.43 Å². The fraction of sp³-hybridized carbons (Fsp3) is 0.571. The monoisotopic (exact) mass is 239 g/mol. The van der Waals surface area contributed by atoms with Crippen molar-refractivity contribution in [1.82, 2.24) is 5.32 Å². The van der Waals surface area contributed by atoms with Crippen LogP contribution in [0.15, 0.2) is 24.3 Å². The van der Waals surface area contributed by atoms with Crippen molar-refractivity contribution >= 4 is 0 Å². The Morgan fingerprint density at radius 1 is 1.24 bits per heavy atom. The first kappa shape index (κ1) is 12.5. The Morgan fingerprint density at radius 3 is 2.65 bits per heavy atom. The van der Waals surface area contributed by atoms with Crippen molar-refractivity contribution in [1.29, 1.82) is 0 Å². The highest BCUT2D eigenvalue weighted by Gasteiger charge is 2.16. The molecule has 1 aromatic carbocycles. The first-order chi connectivity index (χ1) is 8.25. The van der Waals surface area contributed by atoms with Crippen molar-refractivity contribution in [3.8, 4) is 0 Å². The van der Waals surface area contributed by atoms with Crippen LogP contribution in [0.5, 0.6) is 0 Å². The van der Waals surface area contributed by atoms with Crippen molar-refractivity contribution in [3.63, 3.8) is 0 Å². The molecule has 1 unspecified atom stereocenters. The molecule has 17 heavy (non-hydrogen) atoms. The van der Waals surface area contributed by atoms with Crippen LogP contribution in [0.4, 0.5) is 8.78 Å². The van der Waals surface area contributed by atoms with Gasteiger partial charge in [-0.05, 0) is 49.4 Å². The molecule has 0 aliphatic carbocycles. The van der Waals surface area contributed by atoms with Crippen molar-refractivity contribution in [2.45, 2.75) is 32.1 Å². The molecule has 0 spiro atoms. The zero-order valence-corrected chi connectivity index (χ0v) is 9.96. The summed E-state index contributed by atoms with van der Waals surface area (Å²) < 4.78 is 24.9. The van der Waals surface area contributed by atoms with Gasteiger partial charge in [0.25, 0.3) is 0 Å². The summed E-state index contributed by atoms with van der Waals surface area (Å²) in [5, 5.41) is 3.37. The van der Waals surface area contributed by atoms with Crippen LogP contribution < -0.4 is 5.32 Å². The van der Waals surface area contributed by atoms with Crippen molar-refractivity contribution in [3.05, 3.63) is 35.4 Å². The summed E-state index contributed by atoms with van der Waals surface area (Å²) in [5.41, 5.74) is 1.91. The lowest BCUT2D eigenvalue weighted by Gasteiger charge is -2.23. The second-order valence-corrected chi connectivity index (χ2v) is 4.78. The Kier molecular flexibility index (Phi) is 4.49. The summed E-state index contributed by atoms with van der Waals surface area (Å²) in [4.78, 5) is 0. The highest BCUT2D eigenvalue weighted by atomic mass is 19.3. The summed E-state index contributed by atoms with van der Waals surface area (Å²) in [7, 11) is 0. The Bertz CT molecular complexity index is 346. The van der Waals surface area contributed by atoms with E-state index in [1.54, 1.807) is 0 Å². The Morgan fingerprint density at radius 2 is 2.00 bits per heavy atom. The predicted molar refractivity (Wildman–Crippen MR) is 65.4 cm³/mol. The first-order valence-electron chi connectivity index (χ1n) is 6.31. The van der Waals surface area contributed by atoms with Crippen LogP contribution in [0.3, 0.4) is 0 Å². The molecule has 0 radical (unpaired) electrons. The maximum absolute atomic E-state index is 12.5. The van der Waals surface area contributed by atoms with Gasteiger partial charge in [-0.15, -0.1) is 0 Å². The fourth-order valence-corrected chi connectivity index (χ4v) is 2.53. The van der Waals surface area contributed by atoms with Crippen LogP contribution >= 0.6 is 0 Å². The third-order valence-electron chi connectivity index (χ3n) is 3.40. The number of nitrogens with one attached hydrogen (secondary N) is 1. The minimum atomic E-state index is -2.25. The summed E-state index contributed by atoms with van der Waals surface area (Å²) >= 11 is 0. The topological polar surface area (TPSA) is 12.0 Å². The van der Waals surface area contributed by atoms with E-state index in [1.165, 1.54) is 12.8 Å². The van der Waals surface area contributed by atoms with Gasteiger partial charge in [0.15, 0.2) is 0 Å². The predicted octanol–water partition coefficient (Wildman–Crippen LogP) is 3.04. The minimum Gasteiger partial charge on any atom is -0.316 e. The molecule has 1 atom stereocenters. The van der Waals surface area contributed by atoms with Crippen molar-refractivity contribution < 1.29 is 8.78 Å². The SMILES string of the molecule is FC(F)Cc1ccccc1CC1CCCNC1. The molecule has 1 heterocycles. The lowest BCUT2D eigenvalue weighted by molar-refractivity contribution is 0.148. The van der Waals surface area contributed by atoms with Crippen LogP contribution in [0, 0.1) is 5.92 Å². The second kappa shape index (κ2) is 6.10. The molecule has 2 rings (SSSR count). The highest BCUT2D eigenvalue weighted by molar-refractivity contribution is 5.28. The molecule has 0 aromatic heterocycles. The standard InChI is InChI=1S/C14H19F2N/c15-14(16)9-13-6-2-1-5-12(13)8-11-4-3-7-17-10-11/h1-2,5-6,11,14,17H,3-4,7-10H2. The maximum atomic E-state index is 12.5. The Balaban J connectivity index is 2.03. The van der Waals surface area contributed by atoms with Gasteiger partial charge < -0.3 is 5.32 Å². The van der Waals surface area contributed by atoms with E-state index >= 15 is 0 Å². The Labute approximate surface area is 101 Å². The van der Waals surface area contributed by atoms with Gasteiger partial charge in [-0.1, -0.05) is 24.3 Å².